The summed E-state index contributed by atoms with van der Waals surface area (Å²) in [6.45, 7) is 7.84. The predicted molar refractivity (Wildman–Crippen MR) is 162 cm³/mol. The van der Waals surface area contributed by atoms with Crippen molar-refractivity contribution in [2.75, 3.05) is 76.9 Å². The van der Waals surface area contributed by atoms with Crippen LogP contribution in [0, 0.1) is 11.6 Å². The van der Waals surface area contributed by atoms with E-state index in [4.69, 9.17) is 14.5 Å². The predicted octanol–water partition coefficient (Wildman–Crippen LogP) is 3.68. The summed E-state index contributed by atoms with van der Waals surface area (Å²) >= 11 is 0. The van der Waals surface area contributed by atoms with Crippen molar-refractivity contribution < 1.29 is 28.1 Å². The molecule has 2 N–H and O–H groups in total. The van der Waals surface area contributed by atoms with Crippen LogP contribution in [-0.4, -0.2) is 104 Å². The summed E-state index contributed by atoms with van der Waals surface area (Å²) < 4.78 is 38.5. The minimum Gasteiger partial charge on any atom is -0.437 e. The van der Waals surface area contributed by atoms with Crippen LogP contribution in [0.2, 0.25) is 6.82 Å². The molecule has 1 aliphatic rings. The van der Waals surface area contributed by atoms with Gasteiger partial charge in [-0.2, -0.15) is 0 Å². The van der Waals surface area contributed by atoms with E-state index in [-0.39, 0.29) is 13.3 Å². The van der Waals surface area contributed by atoms with E-state index in [1.54, 1.807) is 49.0 Å². The number of halogens is 2. The quantitative estimate of drug-likeness (QED) is 0.243. The molecule has 3 aromatic rings. The van der Waals surface area contributed by atoms with Gasteiger partial charge in [0.05, 0.1) is 49.7 Å². The number of nitrogens with one attached hydrogen (secondary N) is 1. The van der Waals surface area contributed by atoms with E-state index >= 15 is 0 Å². The molecule has 0 saturated carbocycles. The monoisotopic (exact) mass is 586 g/mol. The Morgan fingerprint density at radius 2 is 1.88 bits per heavy atom. The van der Waals surface area contributed by atoms with Crippen LogP contribution >= 0.6 is 0 Å². The molecule has 0 bridgehead atoms. The molecule has 2 heterocycles. The third kappa shape index (κ3) is 8.34. The molecule has 1 amide bonds. The number of ether oxygens (including phenoxy) is 2. The van der Waals surface area contributed by atoms with E-state index in [1.807, 2.05) is 6.92 Å². The second-order valence-corrected chi connectivity index (χ2v) is 10.2. The number of aromatic nitrogens is 2. The maximum Gasteiger partial charge on any atom is 0.376 e. The molecule has 13 heteroatoms. The summed E-state index contributed by atoms with van der Waals surface area (Å²) in [5.74, 6) is -1.38. The Bertz CT molecular complexity index is 1340. The SMILES string of the molecule is C.CB(O)N(C)CCOCCN(C)C(=O)c1cc(C(C)Nc2ccc(F)c(F)c2)c2nc(N3CCOCC3)cnc2c1. The van der Waals surface area contributed by atoms with E-state index in [2.05, 4.69) is 15.2 Å². The van der Waals surface area contributed by atoms with Crippen molar-refractivity contribution in [2.24, 2.45) is 0 Å². The molecular formula is C29H41BF2N6O4. The standard InChI is InChI=1S/C28H37BF2N6O4.CH4/c1-19(33-21-5-6-23(30)24(31)17-21)22-15-20(28(38)35(3)7-11-40-12-8-36(4)29(2)39)16-25-27(22)34-26(18-32-25)37-9-13-41-14-10-37;/h5-6,15-19,33,39H,7-14H2,1-4H3;1H4. The van der Waals surface area contributed by atoms with Crippen molar-refractivity contribution in [1.82, 2.24) is 19.7 Å². The molecule has 1 fully saturated rings. The lowest BCUT2D eigenvalue weighted by molar-refractivity contribution is 0.0683. The average Bonchev–Trinajstić information content (AvgIpc) is 2.97. The molecule has 0 radical (unpaired) electrons. The number of anilines is 2. The van der Waals surface area contributed by atoms with E-state index in [0.717, 1.165) is 12.1 Å². The average molecular weight is 586 g/mol. The number of benzene rings is 2. The zero-order valence-electron chi connectivity index (χ0n) is 23.9. The molecular weight excluding hydrogens is 545 g/mol. The lowest BCUT2D eigenvalue weighted by Gasteiger charge is -2.28. The fourth-order valence-corrected chi connectivity index (χ4v) is 4.46. The molecule has 1 atom stereocenters. The molecule has 1 unspecified atom stereocenters. The van der Waals surface area contributed by atoms with Crippen LogP contribution in [0.25, 0.3) is 11.0 Å². The first kappa shape index (κ1) is 33.1. The second-order valence-electron chi connectivity index (χ2n) is 10.2. The van der Waals surface area contributed by atoms with E-state index in [1.165, 1.54) is 6.07 Å². The molecule has 4 rings (SSSR count). The molecule has 1 aliphatic heterocycles. The lowest BCUT2D eigenvalue weighted by atomic mass is 9.86. The van der Waals surface area contributed by atoms with Crippen molar-refractivity contribution >= 4 is 35.5 Å². The van der Waals surface area contributed by atoms with Crippen molar-refractivity contribution in [3.05, 3.63) is 59.3 Å². The van der Waals surface area contributed by atoms with Gasteiger partial charge in [0.25, 0.3) is 5.91 Å². The summed E-state index contributed by atoms with van der Waals surface area (Å²) in [5.41, 5.74) is 2.68. The van der Waals surface area contributed by atoms with Gasteiger partial charge in [0, 0.05) is 56.1 Å². The van der Waals surface area contributed by atoms with Crippen LogP contribution in [0.1, 0.15) is 36.3 Å². The Morgan fingerprint density at radius 3 is 2.57 bits per heavy atom. The number of hydrogen-bond acceptors (Lipinski definition) is 9. The van der Waals surface area contributed by atoms with Gasteiger partial charge in [0.1, 0.15) is 5.82 Å². The van der Waals surface area contributed by atoms with Gasteiger partial charge in [-0.15, -0.1) is 0 Å². The number of rotatable bonds is 12. The van der Waals surface area contributed by atoms with Crippen molar-refractivity contribution in [3.8, 4) is 0 Å². The Labute approximate surface area is 246 Å². The fourth-order valence-electron chi connectivity index (χ4n) is 4.46. The van der Waals surface area contributed by atoms with Crippen LogP contribution in [0.15, 0.2) is 36.5 Å². The minimum atomic E-state index is -0.952. The second kappa shape index (κ2) is 15.2. The van der Waals surface area contributed by atoms with Crippen LogP contribution < -0.4 is 10.2 Å². The maximum absolute atomic E-state index is 13.9. The fraction of sp³-hybridized carbons (Fsp3) is 0.483. The third-order valence-corrected chi connectivity index (χ3v) is 7.16. The van der Waals surface area contributed by atoms with Gasteiger partial charge in [-0.05, 0) is 45.1 Å². The van der Waals surface area contributed by atoms with Gasteiger partial charge in [-0.1, -0.05) is 7.43 Å². The van der Waals surface area contributed by atoms with Crippen LogP contribution in [0.5, 0.6) is 0 Å². The largest absolute Gasteiger partial charge is 0.437 e. The highest BCUT2D eigenvalue weighted by atomic mass is 19.2. The first-order chi connectivity index (χ1) is 19.6. The number of fused-ring (bicyclic) bond motifs is 1. The topological polar surface area (TPSA) is 103 Å². The number of nitrogens with zero attached hydrogens (tertiary/aromatic N) is 5. The highest BCUT2D eigenvalue weighted by molar-refractivity contribution is 6.45. The van der Waals surface area contributed by atoms with E-state index < -0.39 is 24.7 Å². The van der Waals surface area contributed by atoms with Crippen molar-refractivity contribution in [2.45, 2.75) is 27.2 Å². The van der Waals surface area contributed by atoms with E-state index in [9.17, 15) is 18.6 Å². The van der Waals surface area contributed by atoms with Crippen molar-refractivity contribution in [3.63, 3.8) is 0 Å². The number of hydrogen-bond donors (Lipinski definition) is 2. The first-order valence-electron chi connectivity index (χ1n) is 13.7. The Morgan fingerprint density at radius 1 is 1.17 bits per heavy atom. The number of likely N-dealkylation sites (N-methyl/N-ethyl adjacent to an activating group) is 2. The highest BCUT2D eigenvalue weighted by Crippen LogP contribution is 2.29. The van der Waals surface area contributed by atoms with Gasteiger partial charge in [-0.3, -0.25) is 9.78 Å². The zero-order valence-corrected chi connectivity index (χ0v) is 23.9. The zero-order chi connectivity index (χ0) is 29.5. The summed E-state index contributed by atoms with van der Waals surface area (Å²) in [4.78, 5) is 28.4. The highest BCUT2D eigenvalue weighted by Gasteiger charge is 2.21. The molecule has 228 valence electrons. The Balaban J connectivity index is 0.00000484. The lowest BCUT2D eigenvalue weighted by Crippen LogP contribution is -2.36. The smallest absolute Gasteiger partial charge is 0.376 e. The molecule has 10 nitrogen and oxygen atoms in total. The van der Waals surface area contributed by atoms with Gasteiger partial charge < -0.3 is 34.4 Å². The maximum atomic E-state index is 13.9. The van der Waals surface area contributed by atoms with Crippen LogP contribution in [0.3, 0.4) is 0 Å². The first-order valence-corrected chi connectivity index (χ1v) is 13.7. The van der Waals surface area contributed by atoms with E-state index in [0.29, 0.717) is 86.3 Å². The number of morpholine rings is 1. The van der Waals surface area contributed by atoms with Gasteiger partial charge >= 0.3 is 7.05 Å². The van der Waals surface area contributed by atoms with Crippen molar-refractivity contribution in [1.29, 1.82) is 0 Å². The number of carbonyl (C=O) groups excluding carboxylic acids is 1. The molecule has 1 aromatic heterocycles. The minimum absolute atomic E-state index is 0. The molecule has 1 saturated heterocycles. The number of carbonyl (C=O) groups is 1. The van der Waals surface area contributed by atoms with Gasteiger partial charge in [0.2, 0.25) is 0 Å². The number of amides is 1. The molecule has 0 aliphatic carbocycles. The summed E-state index contributed by atoms with van der Waals surface area (Å²) in [6.07, 6.45) is 1.70. The Hall–Kier alpha value is -3.39. The Kier molecular flexibility index (Phi) is 12.0. The molecule has 2 aromatic carbocycles. The molecule has 0 spiro atoms. The summed E-state index contributed by atoms with van der Waals surface area (Å²) in [7, 11) is 2.95. The van der Waals surface area contributed by atoms with Crippen LogP contribution in [0.4, 0.5) is 20.3 Å². The summed E-state index contributed by atoms with van der Waals surface area (Å²) in [6, 6.07) is 6.71. The molecule has 42 heavy (non-hydrogen) atoms. The van der Waals surface area contributed by atoms with Gasteiger partial charge in [0.15, 0.2) is 11.6 Å². The normalized spacial score (nSPS) is 14.0. The van der Waals surface area contributed by atoms with Gasteiger partial charge in [-0.25, -0.2) is 13.8 Å². The summed E-state index contributed by atoms with van der Waals surface area (Å²) in [5, 5.41) is 12.8. The van der Waals surface area contributed by atoms with Crippen LogP contribution in [-0.2, 0) is 9.47 Å². The third-order valence-electron chi connectivity index (χ3n) is 7.16.